The van der Waals surface area contributed by atoms with Crippen LogP contribution in [0, 0.1) is 11.2 Å². The minimum atomic E-state index is -0.0471. The molecule has 0 bridgehead atoms. The Morgan fingerprint density at radius 2 is 2.16 bits per heavy atom. The van der Waals surface area contributed by atoms with Crippen LogP contribution in [0.25, 0.3) is 0 Å². The summed E-state index contributed by atoms with van der Waals surface area (Å²) in [6.07, 6.45) is 1.87. The first-order valence-electron chi connectivity index (χ1n) is 7.20. The van der Waals surface area contributed by atoms with Crippen LogP contribution in [0.3, 0.4) is 0 Å². The quantitative estimate of drug-likeness (QED) is 0.885. The van der Waals surface area contributed by atoms with E-state index < -0.39 is 0 Å². The molecule has 2 rings (SSSR count). The average Bonchev–Trinajstić information content (AvgIpc) is 2.81. The second kappa shape index (κ2) is 5.59. The highest BCUT2D eigenvalue weighted by Crippen LogP contribution is 2.38. The van der Waals surface area contributed by atoms with Gasteiger partial charge in [-0.1, -0.05) is 32.9 Å². The minimum Gasteiger partial charge on any atom is -0.330 e. The van der Waals surface area contributed by atoms with Gasteiger partial charge in [-0.2, -0.15) is 0 Å². The summed E-state index contributed by atoms with van der Waals surface area (Å²) in [4.78, 5) is 2.44. The van der Waals surface area contributed by atoms with Crippen molar-refractivity contribution in [3.8, 4) is 0 Å². The van der Waals surface area contributed by atoms with E-state index in [1.54, 1.807) is 6.07 Å². The second-order valence-electron chi connectivity index (χ2n) is 6.29. The first-order valence-corrected chi connectivity index (χ1v) is 7.20. The first kappa shape index (κ1) is 14.5. The molecular weight excluding hydrogens is 239 g/mol. The van der Waals surface area contributed by atoms with E-state index in [0.717, 1.165) is 31.5 Å². The summed E-state index contributed by atoms with van der Waals surface area (Å²) >= 11 is 0. The van der Waals surface area contributed by atoms with Crippen molar-refractivity contribution in [1.29, 1.82) is 0 Å². The van der Waals surface area contributed by atoms with Gasteiger partial charge < -0.3 is 5.73 Å². The van der Waals surface area contributed by atoms with Gasteiger partial charge in [0.1, 0.15) is 5.82 Å². The number of halogens is 1. The molecule has 106 valence electrons. The van der Waals surface area contributed by atoms with E-state index >= 15 is 0 Å². The Hall–Kier alpha value is -0.930. The van der Waals surface area contributed by atoms with Crippen LogP contribution in [0.5, 0.6) is 0 Å². The molecule has 0 heterocycles. The zero-order valence-electron chi connectivity index (χ0n) is 12.2. The summed E-state index contributed by atoms with van der Waals surface area (Å²) in [6.45, 7) is 9.16. The predicted molar refractivity (Wildman–Crippen MR) is 77.5 cm³/mol. The molecule has 19 heavy (non-hydrogen) atoms. The second-order valence-corrected chi connectivity index (χ2v) is 6.29. The van der Waals surface area contributed by atoms with Crippen molar-refractivity contribution in [2.24, 2.45) is 11.1 Å². The highest BCUT2D eigenvalue weighted by Gasteiger charge is 2.31. The molecule has 1 aromatic carbocycles. The van der Waals surface area contributed by atoms with Crippen LogP contribution in [0.4, 0.5) is 4.39 Å². The topological polar surface area (TPSA) is 29.3 Å². The molecule has 1 aliphatic carbocycles. The van der Waals surface area contributed by atoms with Gasteiger partial charge in [-0.15, -0.1) is 0 Å². The monoisotopic (exact) mass is 264 g/mol. The summed E-state index contributed by atoms with van der Waals surface area (Å²) < 4.78 is 13.8. The van der Waals surface area contributed by atoms with Crippen LogP contribution >= 0.6 is 0 Å². The molecule has 1 aromatic rings. The van der Waals surface area contributed by atoms with Crippen molar-refractivity contribution in [1.82, 2.24) is 4.90 Å². The van der Waals surface area contributed by atoms with Gasteiger partial charge in [0, 0.05) is 12.6 Å². The maximum absolute atomic E-state index is 13.8. The third-order valence-electron chi connectivity index (χ3n) is 4.21. The van der Waals surface area contributed by atoms with Crippen molar-refractivity contribution < 1.29 is 4.39 Å². The SMILES string of the molecule is CCN(CC(C)(C)CN)C1CCc2c(F)cccc21. The Morgan fingerprint density at radius 3 is 2.79 bits per heavy atom. The summed E-state index contributed by atoms with van der Waals surface area (Å²) in [7, 11) is 0. The largest absolute Gasteiger partial charge is 0.330 e. The molecule has 0 radical (unpaired) electrons. The van der Waals surface area contributed by atoms with Crippen LogP contribution in [0.15, 0.2) is 18.2 Å². The maximum Gasteiger partial charge on any atom is 0.126 e. The molecule has 0 fully saturated rings. The zero-order valence-corrected chi connectivity index (χ0v) is 12.2. The lowest BCUT2D eigenvalue weighted by Crippen LogP contribution is -2.40. The van der Waals surface area contributed by atoms with E-state index in [1.165, 1.54) is 5.56 Å². The Balaban J connectivity index is 2.21. The van der Waals surface area contributed by atoms with E-state index in [4.69, 9.17) is 5.73 Å². The van der Waals surface area contributed by atoms with Crippen molar-refractivity contribution >= 4 is 0 Å². The Kier molecular flexibility index (Phi) is 4.26. The van der Waals surface area contributed by atoms with Crippen LogP contribution in [-0.2, 0) is 6.42 Å². The van der Waals surface area contributed by atoms with E-state index in [0.29, 0.717) is 12.6 Å². The van der Waals surface area contributed by atoms with Gasteiger partial charge in [0.25, 0.3) is 0 Å². The fourth-order valence-electron chi connectivity index (χ4n) is 3.02. The van der Waals surface area contributed by atoms with E-state index in [9.17, 15) is 4.39 Å². The van der Waals surface area contributed by atoms with Gasteiger partial charge in [-0.3, -0.25) is 4.90 Å². The lowest BCUT2D eigenvalue weighted by molar-refractivity contribution is 0.138. The van der Waals surface area contributed by atoms with Crippen molar-refractivity contribution in [2.75, 3.05) is 19.6 Å². The van der Waals surface area contributed by atoms with Gasteiger partial charge in [-0.05, 0) is 48.5 Å². The predicted octanol–water partition coefficient (Wildman–Crippen LogP) is 3.12. The third-order valence-corrected chi connectivity index (χ3v) is 4.21. The first-order chi connectivity index (χ1) is 8.98. The lowest BCUT2D eigenvalue weighted by Gasteiger charge is -2.35. The average molecular weight is 264 g/mol. The molecular formula is C16H25FN2. The Morgan fingerprint density at radius 1 is 1.42 bits per heavy atom. The van der Waals surface area contributed by atoms with E-state index in [1.807, 2.05) is 6.07 Å². The molecule has 0 aliphatic heterocycles. The molecule has 0 saturated carbocycles. The number of hydrogen-bond acceptors (Lipinski definition) is 2. The number of fused-ring (bicyclic) bond motifs is 1. The molecule has 2 N–H and O–H groups in total. The van der Waals surface area contributed by atoms with Gasteiger partial charge in [-0.25, -0.2) is 4.39 Å². The smallest absolute Gasteiger partial charge is 0.126 e. The number of benzene rings is 1. The molecule has 3 heteroatoms. The van der Waals surface area contributed by atoms with Crippen molar-refractivity contribution in [3.05, 3.63) is 35.1 Å². The third kappa shape index (κ3) is 2.98. The molecule has 0 aromatic heterocycles. The molecule has 0 amide bonds. The van der Waals surface area contributed by atoms with Gasteiger partial charge in [0.15, 0.2) is 0 Å². The van der Waals surface area contributed by atoms with E-state index in [2.05, 4.69) is 31.7 Å². The molecule has 1 unspecified atom stereocenters. The number of hydrogen-bond donors (Lipinski definition) is 1. The van der Waals surface area contributed by atoms with Gasteiger partial charge >= 0.3 is 0 Å². The Bertz CT molecular complexity index is 442. The fraction of sp³-hybridized carbons (Fsp3) is 0.625. The molecule has 0 saturated heterocycles. The summed E-state index contributed by atoms with van der Waals surface area (Å²) in [5.41, 5.74) is 8.03. The Labute approximate surface area is 115 Å². The zero-order chi connectivity index (χ0) is 14.0. The van der Waals surface area contributed by atoms with Crippen LogP contribution in [-0.4, -0.2) is 24.5 Å². The minimum absolute atomic E-state index is 0.0471. The number of rotatable bonds is 5. The van der Waals surface area contributed by atoms with Crippen molar-refractivity contribution in [2.45, 2.75) is 39.7 Å². The molecule has 1 aliphatic rings. The molecule has 1 atom stereocenters. The van der Waals surface area contributed by atoms with Crippen molar-refractivity contribution in [3.63, 3.8) is 0 Å². The number of nitrogens with two attached hydrogens (primary N) is 1. The summed E-state index contributed by atoms with van der Waals surface area (Å²) in [6, 6.07) is 5.82. The molecule has 0 spiro atoms. The number of nitrogens with zero attached hydrogens (tertiary/aromatic N) is 1. The summed E-state index contributed by atoms with van der Waals surface area (Å²) in [5.74, 6) is -0.0471. The van der Waals surface area contributed by atoms with Gasteiger partial charge in [0.2, 0.25) is 0 Å². The van der Waals surface area contributed by atoms with Crippen LogP contribution < -0.4 is 5.73 Å². The highest BCUT2D eigenvalue weighted by atomic mass is 19.1. The molecule has 2 nitrogen and oxygen atoms in total. The highest BCUT2D eigenvalue weighted by molar-refractivity contribution is 5.35. The van der Waals surface area contributed by atoms with Gasteiger partial charge in [0.05, 0.1) is 0 Å². The standard InChI is InChI=1S/C16H25FN2/c1-4-19(11-16(2,3)10-18)15-9-8-12-13(15)6-5-7-14(12)17/h5-7,15H,4,8-11,18H2,1-3H3. The fourth-order valence-corrected chi connectivity index (χ4v) is 3.02. The normalized spacial score (nSPS) is 18.9. The maximum atomic E-state index is 13.8. The summed E-state index contributed by atoms with van der Waals surface area (Å²) in [5, 5.41) is 0. The lowest BCUT2D eigenvalue weighted by atomic mass is 9.92. The van der Waals surface area contributed by atoms with Crippen LogP contribution in [0.1, 0.15) is 44.4 Å². The van der Waals surface area contributed by atoms with Crippen LogP contribution in [0.2, 0.25) is 0 Å². The van der Waals surface area contributed by atoms with E-state index in [-0.39, 0.29) is 11.2 Å².